The zero-order chi connectivity index (χ0) is 16.4. The molecule has 0 saturated carbocycles. The first kappa shape index (κ1) is 16.9. The third-order valence-electron chi connectivity index (χ3n) is 4.64. The highest BCUT2D eigenvalue weighted by Gasteiger charge is 2.46. The van der Waals surface area contributed by atoms with Gasteiger partial charge in [0.05, 0.1) is 26.5 Å². The molecule has 0 amide bonds. The monoisotopic (exact) mass is 355 g/mol. The largest absolute Gasteiger partial charge is 0.382 e. The summed E-state index contributed by atoms with van der Waals surface area (Å²) in [5.41, 5.74) is 6.94. The number of aromatic nitrogens is 4. The maximum Gasteiger partial charge on any atom is 0.167 e. The lowest BCUT2D eigenvalue weighted by Gasteiger charge is -2.27. The Kier molecular flexibility index (Phi) is 5.06. The van der Waals surface area contributed by atoms with Crippen molar-refractivity contribution in [3.8, 4) is 0 Å². The van der Waals surface area contributed by atoms with E-state index in [-0.39, 0.29) is 19.8 Å². The molecule has 0 bridgehead atoms. The summed E-state index contributed by atoms with van der Waals surface area (Å²) in [5, 5.41) is 0. The van der Waals surface area contributed by atoms with Crippen LogP contribution in [0.4, 0.5) is 5.82 Å². The van der Waals surface area contributed by atoms with Crippen molar-refractivity contribution in [3.63, 3.8) is 0 Å². The molecule has 1 fully saturated rings. The SMILES string of the molecule is CC[C@@H]1C[C@@](CC)(COPS)O[C@H]1n1cnc2c(N)ncnc21. The normalized spacial score (nSPS) is 28.3. The first-order valence-corrected chi connectivity index (χ1v) is 9.95. The molecule has 126 valence electrons. The van der Waals surface area contributed by atoms with Crippen LogP contribution in [0.25, 0.3) is 11.2 Å². The number of nitrogens with zero attached hydrogens (tertiary/aromatic N) is 4. The van der Waals surface area contributed by atoms with Crippen molar-refractivity contribution in [2.24, 2.45) is 5.92 Å². The molecule has 0 radical (unpaired) electrons. The summed E-state index contributed by atoms with van der Waals surface area (Å²) < 4.78 is 14.0. The van der Waals surface area contributed by atoms with Gasteiger partial charge < -0.3 is 15.0 Å². The number of nitrogen functional groups attached to an aromatic ring is 1. The van der Waals surface area contributed by atoms with E-state index in [2.05, 4.69) is 41.0 Å². The second kappa shape index (κ2) is 6.89. The quantitative estimate of drug-likeness (QED) is 0.612. The molecule has 1 aliphatic rings. The summed E-state index contributed by atoms with van der Waals surface area (Å²) in [5.74, 6) is 0.761. The topological polar surface area (TPSA) is 88.1 Å². The Bertz CT molecular complexity index is 684. The minimum atomic E-state index is -0.282. The van der Waals surface area contributed by atoms with E-state index in [1.807, 2.05) is 4.57 Å². The van der Waals surface area contributed by atoms with Gasteiger partial charge in [-0.05, 0) is 19.3 Å². The standard InChI is InChI=1S/C14H22N5O2PS/c1-3-9-5-14(4-2,6-20-22-23)21-13(9)19-8-18-10-11(15)16-7-17-12(10)19/h7-9,13,22-23H,3-6H2,1-2H3,(H2,15,16,17)/t9-,13-,14+/m1/s1. The molecule has 1 aliphatic heterocycles. The van der Waals surface area contributed by atoms with Gasteiger partial charge in [-0.25, -0.2) is 15.0 Å². The van der Waals surface area contributed by atoms with E-state index in [1.165, 1.54) is 6.33 Å². The molecule has 4 atom stereocenters. The fourth-order valence-electron chi connectivity index (χ4n) is 3.25. The minimum Gasteiger partial charge on any atom is -0.382 e. The molecule has 3 rings (SSSR count). The van der Waals surface area contributed by atoms with Gasteiger partial charge in [0.15, 0.2) is 11.5 Å². The van der Waals surface area contributed by atoms with Crippen LogP contribution in [0.15, 0.2) is 12.7 Å². The predicted octanol–water partition coefficient (Wildman–Crippen LogP) is 2.96. The Labute approximate surface area is 142 Å². The van der Waals surface area contributed by atoms with E-state index in [0.717, 1.165) is 19.3 Å². The Hall–Kier alpha value is -0.950. The summed E-state index contributed by atoms with van der Waals surface area (Å²) in [7, 11) is 0.167. The Morgan fingerprint density at radius 1 is 1.48 bits per heavy atom. The molecule has 2 aromatic rings. The number of anilines is 1. The number of hydrogen-bond acceptors (Lipinski definition) is 7. The number of rotatable bonds is 6. The van der Waals surface area contributed by atoms with Crippen molar-refractivity contribution >= 4 is 37.2 Å². The van der Waals surface area contributed by atoms with Gasteiger partial charge in [-0.2, -0.15) is 0 Å². The van der Waals surface area contributed by atoms with Crippen LogP contribution in [0.3, 0.4) is 0 Å². The zero-order valence-electron chi connectivity index (χ0n) is 13.3. The maximum absolute atomic E-state index is 6.46. The van der Waals surface area contributed by atoms with Crippen LogP contribution >= 0.6 is 20.3 Å². The second-order valence-corrected chi connectivity index (χ2v) is 6.90. The molecule has 9 heteroatoms. The van der Waals surface area contributed by atoms with Crippen molar-refractivity contribution in [2.45, 2.75) is 44.9 Å². The first-order chi connectivity index (χ1) is 11.1. The molecule has 3 heterocycles. The van der Waals surface area contributed by atoms with Gasteiger partial charge in [0.1, 0.15) is 18.1 Å². The van der Waals surface area contributed by atoms with Crippen molar-refractivity contribution < 1.29 is 9.26 Å². The summed E-state index contributed by atoms with van der Waals surface area (Å²) in [6.07, 6.45) is 5.94. The lowest BCUT2D eigenvalue weighted by Crippen LogP contribution is -2.32. The minimum absolute atomic E-state index is 0.119. The number of ether oxygens (including phenoxy) is 1. The Morgan fingerprint density at radius 3 is 3.00 bits per heavy atom. The highest BCUT2D eigenvalue weighted by Crippen LogP contribution is 2.46. The molecule has 2 N–H and O–H groups in total. The van der Waals surface area contributed by atoms with Crippen LogP contribution in [0.5, 0.6) is 0 Å². The summed E-state index contributed by atoms with van der Waals surface area (Å²) in [6, 6.07) is 0. The third kappa shape index (κ3) is 3.05. The first-order valence-electron chi connectivity index (χ1n) is 7.76. The van der Waals surface area contributed by atoms with Gasteiger partial charge in [0.25, 0.3) is 0 Å². The van der Waals surface area contributed by atoms with Crippen LogP contribution in [-0.4, -0.2) is 31.7 Å². The highest BCUT2D eigenvalue weighted by atomic mass is 32.7. The molecular formula is C14H22N5O2PS. The highest BCUT2D eigenvalue weighted by molar-refractivity contribution is 8.36. The fourth-order valence-corrected chi connectivity index (χ4v) is 3.77. The van der Waals surface area contributed by atoms with Crippen LogP contribution in [0.2, 0.25) is 0 Å². The van der Waals surface area contributed by atoms with Gasteiger partial charge in [-0.15, -0.1) is 12.2 Å². The van der Waals surface area contributed by atoms with E-state index < -0.39 is 0 Å². The summed E-state index contributed by atoms with van der Waals surface area (Å²) in [6.45, 7) is 4.87. The molecule has 2 aromatic heterocycles. The van der Waals surface area contributed by atoms with Gasteiger partial charge >= 0.3 is 0 Å². The van der Waals surface area contributed by atoms with Crippen LogP contribution < -0.4 is 5.73 Å². The lowest BCUT2D eigenvalue weighted by atomic mass is 9.90. The Morgan fingerprint density at radius 2 is 2.30 bits per heavy atom. The number of nitrogens with two attached hydrogens (primary N) is 1. The number of thiol groups is 1. The zero-order valence-corrected chi connectivity index (χ0v) is 15.2. The number of imidazole rings is 1. The van der Waals surface area contributed by atoms with Crippen molar-refractivity contribution in [1.82, 2.24) is 19.5 Å². The molecule has 1 unspecified atom stereocenters. The van der Waals surface area contributed by atoms with Crippen LogP contribution in [0.1, 0.15) is 39.3 Å². The molecule has 1 saturated heterocycles. The Balaban J connectivity index is 1.95. The molecule has 0 spiro atoms. The molecule has 23 heavy (non-hydrogen) atoms. The summed E-state index contributed by atoms with van der Waals surface area (Å²) in [4.78, 5) is 12.7. The smallest absolute Gasteiger partial charge is 0.167 e. The third-order valence-corrected chi connectivity index (χ3v) is 5.30. The fraction of sp³-hybridized carbons (Fsp3) is 0.643. The van der Waals surface area contributed by atoms with E-state index in [9.17, 15) is 0 Å². The van der Waals surface area contributed by atoms with Crippen molar-refractivity contribution in [1.29, 1.82) is 0 Å². The van der Waals surface area contributed by atoms with Crippen LogP contribution in [-0.2, 0) is 9.26 Å². The van der Waals surface area contributed by atoms with Gasteiger partial charge in [-0.1, -0.05) is 13.8 Å². The summed E-state index contributed by atoms with van der Waals surface area (Å²) >= 11 is 4.16. The average Bonchev–Trinajstić information content (AvgIpc) is 3.15. The van der Waals surface area contributed by atoms with Gasteiger partial charge in [-0.3, -0.25) is 4.57 Å². The second-order valence-electron chi connectivity index (χ2n) is 5.88. The van der Waals surface area contributed by atoms with Crippen LogP contribution in [0, 0.1) is 5.92 Å². The van der Waals surface area contributed by atoms with Crippen molar-refractivity contribution in [3.05, 3.63) is 12.7 Å². The lowest BCUT2D eigenvalue weighted by molar-refractivity contribution is -0.0962. The number of hydrogen-bond donors (Lipinski definition) is 2. The molecule has 0 aliphatic carbocycles. The average molecular weight is 355 g/mol. The van der Waals surface area contributed by atoms with E-state index in [1.54, 1.807) is 6.33 Å². The maximum atomic E-state index is 6.46. The number of fused-ring (bicyclic) bond motifs is 1. The predicted molar refractivity (Wildman–Crippen MR) is 94.5 cm³/mol. The van der Waals surface area contributed by atoms with Gasteiger partial charge in [0.2, 0.25) is 0 Å². The molecular weight excluding hydrogens is 333 g/mol. The van der Waals surface area contributed by atoms with E-state index in [0.29, 0.717) is 29.5 Å². The van der Waals surface area contributed by atoms with E-state index in [4.69, 9.17) is 15.0 Å². The van der Waals surface area contributed by atoms with Gasteiger partial charge in [0, 0.05) is 5.92 Å². The molecule has 7 nitrogen and oxygen atoms in total. The molecule has 0 aromatic carbocycles. The van der Waals surface area contributed by atoms with Crippen molar-refractivity contribution in [2.75, 3.05) is 12.3 Å². The van der Waals surface area contributed by atoms with E-state index >= 15 is 0 Å².